The fourth-order valence-corrected chi connectivity index (χ4v) is 8.05. The number of nitrogens with one attached hydrogen (secondary N) is 1. The van der Waals surface area contributed by atoms with Gasteiger partial charge in [-0.2, -0.15) is 9.50 Å². The molecule has 20 nitrogen and oxygen atoms in total. The van der Waals surface area contributed by atoms with Crippen molar-refractivity contribution in [2.45, 2.75) is 29.5 Å². The van der Waals surface area contributed by atoms with Crippen LogP contribution in [0.25, 0.3) is 5.78 Å². The van der Waals surface area contributed by atoms with Crippen molar-refractivity contribution in [1.29, 1.82) is 0 Å². The van der Waals surface area contributed by atoms with Gasteiger partial charge in [-0.15, -0.1) is 40.0 Å². The lowest BCUT2D eigenvalue weighted by atomic mass is 10.0. The molecule has 3 atom stereocenters. The molecule has 6 rings (SSSR count). The quantitative estimate of drug-likeness (QED) is 0.0261. The summed E-state index contributed by atoms with van der Waals surface area (Å²) >= 11 is 3.27. The molecule has 3 aromatic heterocycles. The topological polar surface area (TPSA) is 305 Å². The molecule has 1 fully saturated rings. The highest BCUT2D eigenvalue weighted by Gasteiger charge is 2.54. The van der Waals surface area contributed by atoms with Gasteiger partial charge in [0, 0.05) is 28.1 Å². The second-order valence-corrected chi connectivity index (χ2v) is 13.7. The SMILES string of the molecule is Cc1cc(SCC2=C(C(=O)O)N3C(=O)[C@@H](NC(=O)C(=NO[C@H](C(=O)O)c4ccc(O)c(O)c4)c4csc(N)n4)[C@H]3SC2)n2nc(C(=O)O)nc2n1. The van der Waals surface area contributed by atoms with Gasteiger partial charge in [0.25, 0.3) is 23.4 Å². The molecule has 4 aromatic rings. The number of hydrogen-bond acceptors (Lipinski definition) is 17. The lowest BCUT2D eigenvalue weighted by molar-refractivity contribution is -0.151. The molecular formula is C28H23N9O11S3. The van der Waals surface area contributed by atoms with Crippen LogP contribution < -0.4 is 11.1 Å². The van der Waals surface area contributed by atoms with Crippen molar-refractivity contribution in [3.63, 3.8) is 0 Å². The van der Waals surface area contributed by atoms with E-state index in [4.69, 9.17) is 10.6 Å². The van der Waals surface area contributed by atoms with Crippen LogP contribution >= 0.6 is 34.9 Å². The van der Waals surface area contributed by atoms with Crippen LogP contribution in [-0.2, 0) is 24.0 Å². The third kappa shape index (κ3) is 6.80. The number of fused-ring (bicyclic) bond motifs is 2. The molecule has 2 aliphatic heterocycles. The van der Waals surface area contributed by atoms with Crippen molar-refractivity contribution < 1.29 is 54.3 Å². The van der Waals surface area contributed by atoms with E-state index in [0.29, 0.717) is 16.3 Å². The van der Waals surface area contributed by atoms with Crippen LogP contribution in [0.4, 0.5) is 5.13 Å². The number of phenols is 2. The number of phenolic OH excluding ortho intramolecular Hbond substituents is 2. The van der Waals surface area contributed by atoms with Crippen molar-refractivity contribution in [1.82, 2.24) is 34.8 Å². The number of β-lactam (4-membered cyclic amide) rings is 1. The molecule has 5 heterocycles. The van der Waals surface area contributed by atoms with Crippen LogP contribution in [0.5, 0.6) is 11.5 Å². The third-order valence-corrected chi connectivity index (χ3v) is 10.4. The van der Waals surface area contributed by atoms with Crippen molar-refractivity contribution in [2.75, 3.05) is 17.2 Å². The van der Waals surface area contributed by atoms with Crippen LogP contribution in [0.15, 0.2) is 51.1 Å². The molecule has 2 aliphatic rings. The van der Waals surface area contributed by atoms with E-state index in [1.54, 1.807) is 13.0 Å². The first kappa shape index (κ1) is 34.9. The molecule has 0 unspecified atom stereocenters. The number of aromatic carboxylic acids is 1. The Morgan fingerprint density at radius 1 is 1.12 bits per heavy atom. The third-order valence-electron chi connectivity index (χ3n) is 7.29. The number of carboxylic acids is 3. The van der Waals surface area contributed by atoms with Crippen LogP contribution in [-0.4, -0.2) is 113 Å². The lowest BCUT2D eigenvalue weighted by Crippen LogP contribution is -2.71. The highest BCUT2D eigenvalue weighted by molar-refractivity contribution is 8.01. The fourth-order valence-electron chi connectivity index (χ4n) is 4.97. The summed E-state index contributed by atoms with van der Waals surface area (Å²) in [6.45, 7) is 1.67. The Morgan fingerprint density at radius 2 is 1.88 bits per heavy atom. The van der Waals surface area contributed by atoms with E-state index in [1.165, 1.54) is 21.7 Å². The Kier molecular flexibility index (Phi) is 9.42. The number of aromatic nitrogens is 5. The Balaban J connectivity index is 1.21. The molecule has 1 saturated heterocycles. The number of amides is 2. The second kappa shape index (κ2) is 13.8. The van der Waals surface area contributed by atoms with E-state index in [9.17, 15) is 49.5 Å². The molecular weight excluding hydrogens is 735 g/mol. The van der Waals surface area contributed by atoms with Crippen LogP contribution in [0.3, 0.4) is 0 Å². The van der Waals surface area contributed by atoms with E-state index in [1.807, 2.05) is 0 Å². The number of nitrogens with two attached hydrogens (primary N) is 1. The number of nitrogen functional groups attached to an aromatic ring is 1. The molecule has 1 aromatic carbocycles. The van der Waals surface area contributed by atoms with Crippen molar-refractivity contribution in [3.8, 4) is 11.5 Å². The number of carbonyl (C=O) groups is 5. The fraction of sp³-hybridized carbons (Fsp3) is 0.214. The van der Waals surface area contributed by atoms with E-state index < -0.39 is 70.3 Å². The van der Waals surface area contributed by atoms with Crippen molar-refractivity contribution >= 4 is 81.2 Å². The van der Waals surface area contributed by atoms with E-state index in [-0.39, 0.29) is 39.4 Å². The van der Waals surface area contributed by atoms with E-state index >= 15 is 0 Å². The first-order valence-corrected chi connectivity index (χ1v) is 17.2. The monoisotopic (exact) mass is 757 g/mol. The molecule has 0 radical (unpaired) electrons. The van der Waals surface area contributed by atoms with Gasteiger partial charge in [-0.25, -0.2) is 24.4 Å². The minimum Gasteiger partial charge on any atom is -0.504 e. The maximum atomic E-state index is 13.5. The first-order valence-electron chi connectivity index (χ1n) is 14.2. The molecule has 0 saturated carbocycles. The average molecular weight is 758 g/mol. The van der Waals surface area contributed by atoms with E-state index in [2.05, 4.69) is 30.5 Å². The molecule has 264 valence electrons. The van der Waals surface area contributed by atoms with Gasteiger partial charge < -0.3 is 41.4 Å². The summed E-state index contributed by atoms with van der Waals surface area (Å²) in [6.07, 6.45) is -1.85. The summed E-state index contributed by atoms with van der Waals surface area (Å²) in [5.41, 5.74) is 5.56. The number of carbonyl (C=O) groups excluding carboxylic acids is 2. The summed E-state index contributed by atoms with van der Waals surface area (Å²) < 4.78 is 1.23. The molecule has 51 heavy (non-hydrogen) atoms. The van der Waals surface area contributed by atoms with Gasteiger partial charge in [0.1, 0.15) is 27.8 Å². The zero-order valence-electron chi connectivity index (χ0n) is 25.7. The molecule has 0 bridgehead atoms. The Morgan fingerprint density at radius 3 is 2.53 bits per heavy atom. The molecule has 8 N–H and O–H groups in total. The first-order chi connectivity index (χ1) is 24.2. The smallest absolute Gasteiger partial charge is 0.375 e. The number of aromatic hydroxyl groups is 2. The number of oxime groups is 1. The number of rotatable bonds is 12. The van der Waals surface area contributed by atoms with Gasteiger partial charge in [0.05, 0.1) is 0 Å². The molecule has 0 aliphatic carbocycles. The zero-order valence-corrected chi connectivity index (χ0v) is 28.1. The summed E-state index contributed by atoms with van der Waals surface area (Å²) in [5.74, 6) is -7.37. The summed E-state index contributed by atoms with van der Waals surface area (Å²) in [6, 6.07) is 3.55. The van der Waals surface area contributed by atoms with Gasteiger partial charge in [-0.1, -0.05) is 11.2 Å². The maximum Gasteiger partial charge on any atom is 0.375 e. The van der Waals surface area contributed by atoms with Gasteiger partial charge in [-0.3, -0.25) is 14.5 Å². The van der Waals surface area contributed by atoms with Gasteiger partial charge in [0.2, 0.25) is 6.10 Å². The van der Waals surface area contributed by atoms with Crippen LogP contribution in [0, 0.1) is 6.92 Å². The lowest BCUT2D eigenvalue weighted by Gasteiger charge is -2.49. The zero-order chi connectivity index (χ0) is 36.7. The van der Waals surface area contributed by atoms with Gasteiger partial charge in [-0.05, 0) is 30.7 Å². The number of hydrogen-bond donors (Lipinski definition) is 7. The predicted octanol–water partition coefficient (Wildman–Crippen LogP) is 0.658. The highest BCUT2D eigenvalue weighted by atomic mass is 32.2. The molecule has 2 amide bonds. The van der Waals surface area contributed by atoms with Crippen LogP contribution in [0.2, 0.25) is 0 Å². The Bertz CT molecular complexity index is 2200. The number of benzene rings is 1. The van der Waals surface area contributed by atoms with Gasteiger partial charge in [0.15, 0.2) is 22.3 Å². The minimum atomic E-state index is -1.85. The second-order valence-electron chi connectivity index (χ2n) is 10.7. The average Bonchev–Trinajstić information content (AvgIpc) is 3.71. The number of anilines is 1. The Labute approximate surface area is 296 Å². The van der Waals surface area contributed by atoms with Crippen molar-refractivity contribution in [3.05, 3.63) is 63.7 Å². The molecule has 0 spiro atoms. The minimum absolute atomic E-state index is 0.0351. The number of thiazole rings is 1. The number of carboxylic acid groups (broad SMARTS) is 3. The maximum absolute atomic E-state index is 13.5. The summed E-state index contributed by atoms with van der Waals surface area (Å²) in [4.78, 5) is 81.1. The van der Waals surface area contributed by atoms with Crippen molar-refractivity contribution in [2.24, 2.45) is 5.16 Å². The number of nitrogens with zero attached hydrogens (tertiary/aromatic N) is 7. The Hall–Kier alpha value is -5.94. The predicted molar refractivity (Wildman–Crippen MR) is 177 cm³/mol. The molecule has 23 heteroatoms. The summed E-state index contributed by atoms with van der Waals surface area (Å²) in [5, 5.41) is 59.7. The largest absolute Gasteiger partial charge is 0.504 e. The van der Waals surface area contributed by atoms with Gasteiger partial charge >= 0.3 is 17.9 Å². The highest BCUT2D eigenvalue weighted by Crippen LogP contribution is 2.42. The number of aliphatic carboxylic acids is 2. The van der Waals surface area contributed by atoms with Crippen LogP contribution in [0.1, 0.15) is 33.7 Å². The summed E-state index contributed by atoms with van der Waals surface area (Å²) in [7, 11) is 0. The standard InChI is InChI=1S/C28H23N9O11S3/c1-9-4-15(37-28(30-9)33-20(34-37)26(46)47)49-6-11-7-50-23-17(22(41)36(23)18(11)24(42)43)32-21(40)16(12-8-51-27(29)31-12)35-48-19(25(44)45)10-2-3-13(38)14(39)5-10/h2-5,8,17,19,23,38-39H,6-7H2,1H3,(H2,29,31)(H,32,40)(H,42,43)(H,44,45)(H,46,47)/t17-,19+,23-/m1/s1. The number of aryl methyl sites for hydroxylation is 1. The van der Waals surface area contributed by atoms with E-state index in [0.717, 1.165) is 46.2 Å². The number of thioether (sulfide) groups is 2. The normalized spacial score (nSPS) is 17.9.